The summed E-state index contributed by atoms with van der Waals surface area (Å²) in [4.78, 5) is 34.5. The average molecular weight is 425 g/mol. The van der Waals surface area contributed by atoms with Crippen LogP contribution in [0.25, 0.3) is 0 Å². The van der Waals surface area contributed by atoms with Crippen molar-refractivity contribution in [2.45, 2.75) is 44.2 Å². The van der Waals surface area contributed by atoms with Crippen LogP contribution in [0.2, 0.25) is 0 Å². The van der Waals surface area contributed by atoms with Gasteiger partial charge in [-0.3, -0.25) is 14.6 Å². The minimum atomic E-state index is -0.863. The molecule has 164 valence electrons. The normalized spacial score (nSPS) is 21.0. The average Bonchev–Trinajstić information content (AvgIpc) is 2.82. The van der Waals surface area contributed by atoms with Crippen LogP contribution in [-0.2, 0) is 9.53 Å². The zero-order chi connectivity index (χ0) is 21.6. The lowest BCUT2D eigenvalue weighted by molar-refractivity contribution is -0.155. The van der Waals surface area contributed by atoms with Gasteiger partial charge in [-0.1, -0.05) is 31.4 Å². The van der Waals surface area contributed by atoms with Crippen molar-refractivity contribution in [1.29, 1.82) is 0 Å². The molecule has 2 aromatic rings. The van der Waals surface area contributed by atoms with Crippen molar-refractivity contribution in [3.8, 4) is 0 Å². The maximum absolute atomic E-state index is 12.6. The summed E-state index contributed by atoms with van der Waals surface area (Å²) in [5.74, 6) is 0.0734. The van der Waals surface area contributed by atoms with Gasteiger partial charge in [-0.2, -0.15) is 0 Å². The Morgan fingerprint density at radius 2 is 1.97 bits per heavy atom. The highest BCUT2D eigenvalue weighted by Gasteiger charge is 2.36. The highest BCUT2D eigenvalue weighted by molar-refractivity contribution is 6.02. The maximum atomic E-state index is 12.6. The number of nitrogens with one attached hydrogen (secondary N) is 1. The second kappa shape index (κ2) is 9.98. The molecule has 1 saturated carbocycles. The molecular formula is C23H28N4O4. The van der Waals surface area contributed by atoms with E-state index in [1.807, 2.05) is 4.90 Å². The van der Waals surface area contributed by atoms with Crippen LogP contribution in [0.5, 0.6) is 0 Å². The Morgan fingerprint density at radius 1 is 1.19 bits per heavy atom. The van der Waals surface area contributed by atoms with Crippen molar-refractivity contribution < 1.29 is 19.4 Å². The SMILES string of the molecule is O=C(Nc1ccc(C(O)C2COCC(=O)N2CC2CCCCC2)cc1)c1cnccn1. The van der Waals surface area contributed by atoms with E-state index in [2.05, 4.69) is 15.3 Å². The summed E-state index contributed by atoms with van der Waals surface area (Å²) in [6.07, 6.45) is 9.44. The van der Waals surface area contributed by atoms with Gasteiger partial charge in [0.05, 0.1) is 18.8 Å². The topological polar surface area (TPSA) is 105 Å². The molecule has 2 heterocycles. The standard InChI is InChI=1S/C23H28N4O4/c28-21-15-31-14-20(27(21)13-16-4-2-1-3-5-16)22(29)17-6-8-18(9-7-17)26-23(30)19-12-24-10-11-25-19/h6-12,16,20,22,29H,1-5,13-15H2,(H,26,30). The fourth-order valence-corrected chi connectivity index (χ4v) is 4.37. The molecule has 1 aromatic heterocycles. The molecule has 1 saturated heterocycles. The molecular weight excluding hydrogens is 396 g/mol. The van der Waals surface area contributed by atoms with Crippen molar-refractivity contribution in [3.05, 3.63) is 54.1 Å². The summed E-state index contributed by atoms with van der Waals surface area (Å²) in [7, 11) is 0. The minimum Gasteiger partial charge on any atom is -0.386 e. The fourth-order valence-electron chi connectivity index (χ4n) is 4.37. The van der Waals surface area contributed by atoms with E-state index in [1.165, 1.54) is 37.9 Å². The zero-order valence-corrected chi connectivity index (χ0v) is 17.4. The van der Waals surface area contributed by atoms with Gasteiger partial charge in [0, 0.05) is 24.6 Å². The Hall–Kier alpha value is -2.84. The molecule has 2 aliphatic rings. The van der Waals surface area contributed by atoms with Crippen LogP contribution in [0.3, 0.4) is 0 Å². The van der Waals surface area contributed by atoms with Crippen LogP contribution < -0.4 is 5.32 Å². The van der Waals surface area contributed by atoms with E-state index in [0.29, 0.717) is 30.3 Å². The van der Waals surface area contributed by atoms with Crippen LogP contribution in [0.4, 0.5) is 5.69 Å². The van der Waals surface area contributed by atoms with Crippen molar-refractivity contribution in [2.24, 2.45) is 5.92 Å². The van der Waals surface area contributed by atoms with Gasteiger partial charge in [-0.25, -0.2) is 4.98 Å². The van der Waals surface area contributed by atoms with E-state index in [0.717, 1.165) is 12.8 Å². The molecule has 4 rings (SSSR count). The fraction of sp³-hybridized carbons (Fsp3) is 0.478. The molecule has 0 spiro atoms. The lowest BCUT2D eigenvalue weighted by Crippen LogP contribution is -2.53. The number of aromatic nitrogens is 2. The van der Waals surface area contributed by atoms with Gasteiger partial charge in [-0.15, -0.1) is 0 Å². The Morgan fingerprint density at radius 3 is 2.68 bits per heavy atom. The Labute approximate surface area is 181 Å². The van der Waals surface area contributed by atoms with E-state index >= 15 is 0 Å². The molecule has 2 atom stereocenters. The van der Waals surface area contributed by atoms with E-state index < -0.39 is 12.1 Å². The third-order valence-electron chi connectivity index (χ3n) is 6.08. The molecule has 2 fully saturated rings. The number of morpholine rings is 1. The molecule has 1 aliphatic carbocycles. The molecule has 0 bridgehead atoms. The van der Waals surface area contributed by atoms with E-state index in [-0.39, 0.29) is 24.1 Å². The van der Waals surface area contributed by atoms with Gasteiger partial charge >= 0.3 is 0 Å². The molecule has 8 heteroatoms. The number of ether oxygens (including phenoxy) is 1. The first-order chi connectivity index (χ1) is 15.1. The first kappa shape index (κ1) is 21.4. The lowest BCUT2D eigenvalue weighted by atomic mass is 9.88. The number of nitrogens with zero attached hydrogens (tertiary/aromatic N) is 3. The number of aliphatic hydroxyl groups is 1. The molecule has 2 amide bonds. The number of amides is 2. The summed E-state index contributed by atoms with van der Waals surface area (Å²) in [6, 6.07) is 6.56. The summed E-state index contributed by atoms with van der Waals surface area (Å²) in [5.41, 5.74) is 1.49. The van der Waals surface area contributed by atoms with E-state index in [9.17, 15) is 14.7 Å². The smallest absolute Gasteiger partial charge is 0.275 e. The van der Waals surface area contributed by atoms with Gasteiger partial charge in [0.1, 0.15) is 18.4 Å². The summed E-state index contributed by atoms with van der Waals surface area (Å²) in [6.45, 7) is 1.06. The molecule has 2 unspecified atom stereocenters. The number of hydrogen-bond acceptors (Lipinski definition) is 6. The number of hydrogen-bond donors (Lipinski definition) is 2. The van der Waals surface area contributed by atoms with Gasteiger partial charge in [0.25, 0.3) is 5.91 Å². The van der Waals surface area contributed by atoms with Crippen molar-refractivity contribution in [2.75, 3.05) is 25.1 Å². The van der Waals surface area contributed by atoms with Crippen LogP contribution >= 0.6 is 0 Å². The summed E-state index contributed by atoms with van der Waals surface area (Å²) in [5, 5.41) is 13.8. The predicted octanol–water partition coefficient (Wildman–Crippen LogP) is 2.57. The largest absolute Gasteiger partial charge is 0.386 e. The van der Waals surface area contributed by atoms with Crippen LogP contribution in [0.1, 0.15) is 54.3 Å². The van der Waals surface area contributed by atoms with Crippen LogP contribution in [0.15, 0.2) is 42.9 Å². The Kier molecular flexibility index (Phi) is 6.89. The molecule has 1 aliphatic heterocycles. The summed E-state index contributed by atoms with van der Waals surface area (Å²) < 4.78 is 5.46. The van der Waals surface area contributed by atoms with Gasteiger partial charge in [0.2, 0.25) is 5.91 Å². The number of anilines is 1. The monoisotopic (exact) mass is 424 g/mol. The lowest BCUT2D eigenvalue weighted by Gasteiger charge is -2.40. The predicted molar refractivity (Wildman–Crippen MR) is 114 cm³/mol. The van der Waals surface area contributed by atoms with Crippen LogP contribution in [0, 0.1) is 5.92 Å². The van der Waals surface area contributed by atoms with Crippen molar-refractivity contribution in [1.82, 2.24) is 14.9 Å². The Balaban J connectivity index is 1.42. The van der Waals surface area contributed by atoms with Crippen molar-refractivity contribution in [3.63, 3.8) is 0 Å². The van der Waals surface area contributed by atoms with E-state index in [1.54, 1.807) is 24.3 Å². The zero-order valence-electron chi connectivity index (χ0n) is 17.4. The Bertz CT molecular complexity index is 884. The van der Waals surface area contributed by atoms with Gasteiger partial charge in [0.15, 0.2) is 0 Å². The van der Waals surface area contributed by atoms with E-state index in [4.69, 9.17) is 4.74 Å². The maximum Gasteiger partial charge on any atom is 0.275 e. The minimum absolute atomic E-state index is 0.0614. The highest BCUT2D eigenvalue weighted by Crippen LogP contribution is 2.30. The second-order valence-corrected chi connectivity index (χ2v) is 8.24. The van der Waals surface area contributed by atoms with Crippen molar-refractivity contribution >= 4 is 17.5 Å². The van der Waals surface area contributed by atoms with Gasteiger partial charge in [-0.05, 0) is 36.5 Å². The molecule has 2 N–H and O–H groups in total. The molecule has 1 aromatic carbocycles. The number of carbonyl (C=O) groups is 2. The molecule has 8 nitrogen and oxygen atoms in total. The number of aliphatic hydroxyl groups excluding tert-OH is 1. The number of rotatable bonds is 6. The molecule has 31 heavy (non-hydrogen) atoms. The highest BCUT2D eigenvalue weighted by atomic mass is 16.5. The first-order valence-corrected chi connectivity index (χ1v) is 10.8. The number of benzene rings is 1. The second-order valence-electron chi connectivity index (χ2n) is 8.24. The van der Waals surface area contributed by atoms with Gasteiger partial charge < -0.3 is 20.1 Å². The third-order valence-corrected chi connectivity index (χ3v) is 6.08. The first-order valence-electron chi connectivity index (χ1n) is 10.8. The number of carbonyl (C=O) groups excluding carboxylic acids is 2. The molecule has 0 radical (unpaired) electrons. The quantitative estimate of drug-likeness (QED) is 0.739. The van der Waals surface area contributed by atoms with Crippen LogP contribution in [-0.4, -0.2) is 57.6 Å². The summed E-state index contributed by atoms with van der Waals surface area (Å²) >= 11 is 0. The third kappa shape index (κ3) is 5.26.